The summed E-state index contributed by atoms with van der Waals surface area (Å²) in [7, 11) is 0. The zero-order valence-corrected chi connectivity index (χ0v) is 10.3. The van der Waals surface area contributed by atoms with Crippen LogP contribution in [0.15, 0.2) is 12.1 Å². The summed E-state index contributed by atoms with van der Waals surface area (Å²) < 4.78 is 0.867. The first-order chi connectivity index (χ1) is 6.60. The van der Waals surface area contributed by atoms with E-state index in [1.165, 1.54) is 6.92 Å². The molecule has 0 aliphatic heterocycles. The summed E-state index contributed by atoms with van der Waals surface area (Å²) in [6, 6.07) is 5.81. The van der Waals surface area contributed by atoms with Crippen molar-refractivity contribution in [1.82, 2.24) is 0 Å². The van der Waals surface area contributed by atoms with Crippen LogP contribution in [0.4, 0.5) is 0 Å². The Bertz CT molecular complexity index is 418. The molecule has 1 aromatic carbocycles. The third-order valence-electron chi connectivity index (χ3n) is 2.03. The smallest absolute Gasteiger partial charge is 0.162 e. The topological polar surface area (TPSA) is 40.9 Å². The van der Waals surface area contributed by atoms with Crippen LogP contribution in [0.2, 0.25) is 0 Å². The highest BCUT2D eigenvalue weighted by Crippen LogP contribution is 2.20. The fraction of sp³-hybridized carbons (Fsp3) is 0.273. The number of hydrogen-bond donors (Lipinski definition) is 0. The van der Waals surface area contributed by atoms with E-state index in [1.807, 2.05) is 13.0 Å². The molecule has 0 radical (unpaired) electrons. The number of carbonyl (C=O) groups excluding carboxylic acids is 1. The maximum atomic E-state index is 11.3. The molecule has 0 saturated heterocycles. The lowest BCUT2D eigenvalue weighted by atomic mass is 10.0. The van der Waals surface area contributed by atoms with Crippen LogP contribution in [-0.2, 0) is 6.42 Å². The molecule has 0 bridgehead atoms. The van der Waals surface area contributed by atoms with Crippen molar-refractivity contribution in [2.75, 3.05) is 0 Å². The third kappa shape index (κ3) is 2.13. The molecule has 72 valence electrons. The summed E-state index contributed by atoms with van der Waals surface area (Å²) >= 11 is 2.10. The van der Waals surface area contributed by atoms with Gasteiger partial charge in [-0.3, -0.25) is 4.79 Å². The number of halogens is 1. The first kappa shape index (κ1) is 11.2. The predicted octanol–water partition coefficient (Wildman–Crippen LogP) is 2.93. The van der Waals surface area contributed by atoms with E-state index in [9.17, 15) is 4.79 Å². The monoisotopic (exact) mass is 299 g/mol. The van der Waals surface area contributed by atoms with Gasteiger partial charge in [-0.1, -0.05) is 6.92 Å². The van der Waals surface area contributed by atoms with Gasteiger partial charge in [-0.05, 0) is 53.6 Å². The van der Waals surface area contributed by atoms with Crippen molar-refractivity contribution in [2.45, 2.75) is 20.3 Å². The maximum absolute atomic E-state index is 11.3. The Morgan fingerprint density at radius 1 is 1.57 bits per heavy atom. The van der Waals surface area contributed by atoms with Crippen molar-refractivity contribution in [1.29, 1.82) is 5.26 Å². The average Bonchev–Trinajstić information content (AvgIpc) is 2.15. The van der Waals surface area contributed by atoms with Gasteiger partial charge in [-0.2, -0.15) is 5.26 Å². The van der Waals surface area contributed by atoms with E-state index >= 15 is 0 Å². The molecule has 0 fully saturated rings. The molecular weight excluding hydrogens is 289 g/mol. The van der Waals surface area contributed by atoms with Crippen LogP contribution in [0, 0.1) is 14.9 Å². The van der Waals surface area contributed by atoms with Crippen LogP contribution in [0.3, 0.4) is 0 Å². The SMILES string of the molecule is CCc1cc(I)c(C(C)=O)c(C#N)c1. The van der Waals surface area contributed by atoms with Crippen LogP contribution in [0.1, 0.15) is 35.3 Å². The molecule has 0 heterocycles. The molecule has 0 aromatic heterocycles. The molecule has 0 amide bonds. The minimum Gasteiger partial charge on any atom is -0.294 e. The molecule has 0 saturated carbocycles. The van der Waals surface area contributed by atoms with Gasteiger partial charge in [-0.25, -0.2) is 0 Å². The first-order valence-electron chi connectivity index (χ1n) is 4.33. The highest BCUT2D eigenvalue weighted by Gasteiger charge is 2.12. The second kappa shape index (κ2) is 4.56. The van der Waals surface area contributed by atoms with Crippen LogP contribution >= 0.6 is 22.6 Å². The molecule has 14 heavy (non-hydrogen) atoms. The summed E-state index contributed by atoms with van der Waals surface area (Å²) in [6.45, 7) is 3.52. The number of Topliss-reactive ketones (excluding diaryl/α,β-unsaturated/α-hetero) is 1. The van der Waals surface area contributed by atoms with E-state index < -0.39 is 0 Å². The van der Waals surface area contributed by atoms with Crippen molar-refractivity contribution in [2.24, 2.45) is 0 Å². The number of rotatable bonds is 2. The Labute approximate surface area is 97.1 Å². The Balaban J connectivity index is 3.44. The number of nitriles is 1. The van der Waals surface area contributed by atoms with E-state index in [2.05, 4.69) is 28.7 Å². The molecular formula is C11H10INO. The maximum Gasteiger partial charge on any atom is 0.162 e. The lowest BCUT2D eigenvalue weighted by molar-refractivity contribution is 0.101. The van der Waals surface area contributed by atoms with Gasteiger partial charge >= 0.3 is 0 Å². The van der Waals surface area contributed by atoms with Gasteiger partial charge in [0.15, 0.2) is 5.78 Å². The highest BCUT2D eigenvalue weighted by atomic mass is 127. The molecule has 0 spiro atoms. The molecule has 0 atom stereocenters. The number of nitrogens with zero attached hydrogens (tertiary/aromatic N) is 1. The molecule has 3 heteroatoms. The van der Waals surface area contributed by atoms with E-state index in [4.69, 9.17) is 5.26 Å². The van der Waals surface area contributed by atoms with Crippen LogP contribution < -0.4 is 0 Å². The summed E-state index contributed by atoms with van der Waals surface area (Å²) in [6.07, 6.45) is 0.878. The highest BCUT2D eigenvalue weighted by molar-refractivity contribution is 14.1. The van der Waals surface area contributed by atoms with Crippen LogP contribution in [0.5, 0.6) is 0 Å². The second-order valence-corrected chi connectivity index (χ2v) is 4.18. The molecule has 0 aliphatic carbocycles. The van der Waals surface area contributed by atoms with Gasteiger partial charge in [0.2, 0.25) is 0 Å². The van der Waals surface area contributed by atoms with E-state index in [0.29, 0.717) is 11.1 Å². The minimum atomic E-state index is -0.0476. The molecule has 1 rings (SSSR count). The number of ketones is 1. The van der Waals surface area contributed by atoms with Crippen LogP contribution in [0.25, 0.3) is 0 Å². The van der Waals surface area contributed by atoms with Gasteiger partial charge in [0.25, 0.3) is 0 Å². The van der Waals surface area contributed by atoms with Gasteiger partial charge in [0.05, 0.1) is 11.6 Å². The second-order valence-electron chi connectivity index (χ2n) is 3.02. The number of carbonyl (C=O) groups is 1. The fourth-order valence-electron chi connectivity index (χ4n) is 1.31. The Morgan fingerprint density at radius 3 is 2.64 bits per heavy atom. The van der Waals surface area contributed by atoms with Crippen molar-refractivity contribution in [3.8, 4) is 6.07 Å². The largest absolute Gasteiger partial charge is 0.294 e. The first-order valence-corrected chi connectivity index (χ1v) is 5.41. The van der Waals surface area contributed by atoms with Crippen molar-refractivity contribution < 1.29 is 4.79 Å². The van der Waals surface area contributed by atoms with Gasteiger partial charge < -0.3 is 0 Å². The van der Waals surface area contributed by atoms with Gasteiger partial charge in [0, 0.05) is 9.13 Å². The molecule has 0 unspecified atom stereocenters. The fourth-order valence-corrected chi connectivity index (χ4v) is 2.38. The summed E-state index contributed by atoms with van der Waals surface area (Å²) in [5, 5.41) is 8.91. The Kier molecular flexibility index (Phi) is 3.64. The van der Waals surface area contributed by atoms with Crippen molar-refractivity contribution in [3.05, 3.63) is 32.4 Å². The lowest BCUT2D eigenvalue weighted by Crippen LogP contribution is -2.01. The Hall–Kier alpha value is -0.890. The summed E-state index contributed by atoms with van der Waals surface area (Å²) in [5.74, 6) is -0.0476. The zero-order valence-electron chi connectivity index (χ0n) is 8.10. The number of hydrogen-bond acceptors (Lipinski definition) is 2. The molecule has 1 aromatic rings. The lowest BCUT2D eigenvalue weighted by Gasteiger charge is -2.05. The quantitative estimate of drug-likeness (QED) is 0.622. The average molecular weight is 299 g/mol. The molecule has 0 N–H and O–H groups in total. The number of aryl methyl sites for hydroxylation is 1. The minimum absolute atomic E-state index is 0.0476. The standard InChI is InChI=1S/C11H10INO/c1-3-8-4-9(6-13)11(7(2)14)10(12)5-8/h4-5H,3H2,1-2H3. The van der Waals surface area contributed by atoms with Gasteiger partial charge in [-0.15, -0.1) is 0 Å². The van der Waals surface area contributed by atoms with Gasteiger partial charge in [0.1, 0.15) is 0 Å². The number of benzene rings is 1. The summed E-state index contributed by atoms with van der Waals surface area (Å²) in [4.78, 5) is 11.3. The van der Waals surface area contributed by atoms with Crippen molar-refractivity contribution >= 4 is 28.4 Å². The van der Waals surface area contributed by atoms with E-state index in [0.717, 1.165) is 15.6 Å². The zero-order chi connectivity index (χ0) is 10.7. The molecule has 0 aliphatic rings. The van der Waals surface area contributed by atoms with E-state index in [-0.39, 0.29) is 5.78 Å². The summed E-state index contributed by atoms with van der Waals surface area (Å²) in [5.41, 5.74) is 2.13. The van der Waals surface area contributed by atoms with Crippen molar-refractivity contribution in [3.63, 3.8) is 0 Å². The normalized spacial score (nSPS) is 9.57. The predicted molar refractivity (Wildman–Crippen MR) is 63.3 cm³/mol. The Morgan fingerprint density at radius 2 is 2.21 bits per heavy atom. The molecule has 2 nitrogen and oxygen atoms in total. The third-order valence-corrected chi connectivity index (χ3v) is 2.88. The van der Waals surface area contributed by atoms with Crippen LogP contribution in [-0.4, -0.2) is 5.78 Å². The van der Waals surface area contributed by atoms with E-state index in [1.54, 1.807) is 6.07 Å².